The molecule has 7 nitrogen and oxygen atoms in total. The molecule has 0 radical (unpaired) electrons. The molecule has 1 aromatic carbocycles. The van der Waals surface area contributed by atoms with E-state index in [1.54, 1.807) is 36.5 Å². The summed E-state index contributed by atoms with van der Waals surface area (Å²) >= 11 is 0. The van der Waals surface area contributed by atoms with Gasteiger partial charge in [-0.15, -0.1) is 0 Å². The highest BCUT2D eigenvalue weighted by atomic mass is 32.2. The highest BCUT2D eigenvalue weighted by Crippen LogP contribution is 2.20. The van der Waals surface area contributed by atoms with Crippen LogP contribution in [0.2, 0.25) is 0 Å². The van der Waals surface area contributed by atoms with E-state index in [4.69, 9.17) is 0 Å². The Labute approximate surface area is 121 Å². The van der Waals surface area contributed by atoms with Gasteiger partial charge in [-0.3, -0.25) is 10.1 Å². The number of pyridine rings is 1. The minimum atomic E-state index is -3.59. The maximum Gasteiger partial charge on any atom is 0.241 e. The van der Waals surface area contributed by atoms with E-state index >= 15 is 0 Å². The third-order valence-corrected chi connectivity index (χ3v) is 4.53. The van der Waals surface area contributed by atoms with Crippen LogP contribution in [0.15, 0.2) is 47.8 Å². The summed E-state index contributed by atoms with van der Waals surface area (Å²) in [4.78, 5) is 8.34. The van der Waals surface area contributed by atoms with Crippen molar-refractivity contribution >= 4 is 20.9 Å². The van der Waals surface area contributed by atoms with Gasteiger partial charge >= 0.3 is 0 Å². The van der Waals surface area contributed by atoms with Crippen molar-refractivity contribution in [3.63, 3.8) is 0 Å². The molecular formula is C13H13N5O2S. The minimum Gasteiger partial charge on any atom is -0.263 e. The number of hydrogen-bond acceptors (Lipinski definition) is 5. The number of nitrogens with zero attached hydrogens (tertiary/aromatic N) is 3. The summed E-state index contributed by atoms with van der Waals surface area (Å²) in [6.45, 7) is 0.244. The fourth-order valence-electron chi connectivity index (χ4n) is 2.04. The second kappa shape index (κ2) is 5.58. The topological polar surface area (TPSA) is 101 Å². The lowest BCUT2D eigenvalue weighted by Gasteiger charge is -2.08. The summed E-state index contributed by atoms with van der Waals surface area (Å²) in [6, 6.07) is 8.49. The molecule has 0 spiro atoms. The van der Waals surface area contributed by atoms with E-state index in [2.05, 4.69) is 24.9 Å². The van der Waals surface area contributed by atoms with Crippen molar-refractivity contribution in [3.8, 4) is 0 Å². The van der Waals surface area contributed by atoms with E-state index in [1.807, 2.05) is 0 Å². The molecule has 0 saturated carbocycles. The Balaban J connectivity index is 1.83. The average Bonchev–Trinajstić information content (AvgIpc) is 3.00. The zero-order valence-electron chi connectivity index (χ0n) is 11.0. The first-order valence-corrected chi connectivity index (χ1v) is 7.83. The molecule has 108 valence electrons. The lowest BCUT2D eigenvalue weighted by atomic mass is 10.2. The average molecular weight is 303 g/mol. The van der Waals surface area contributed by atoms with Gasteiger partial charge in [0.1, 0.15) is 12.2 Å². The van der Waals surface area contributed by atoms with Crippen LogP contribution >= 0.6 is 0 Å². The lowest BCUT2D eigenvalue weighted by Crippen LogP contribution is -2.26. The molecule has 8 heteroatoms. The number of fused-ring (bicyclic) bond motifs is 1. The van der Waals surface area contributed by atoms with Crippen molar-refractivity contribution in [1.29, 1.82) is 0 Å². The summed E-state index contributed by atoms with van der Waals surface area (Å²) in [5.74, 6) is 0.636. The van der Waals surface area contributed by atoms with Crippen LogP contribution in [0.5, 0.6) is 0 Å². The molecule has 0 aliphatic carbocycles. The summed E-state index contributed by atoms with van der Waals surface area (Å²) in [6.07, 6.45) is 3.47. The summed E-state index contributed by atoms with van der Waals surface area (Å²) in [5, 5.41) is 7.01. The molecule has 2 N–H and O–H groups in total. The van der Waals surface area contributed by atoms with E-state index in [1.165, 1.54) is 6.33 Å². The second-order valence-corrected chi connectivity index (χ2v) is 6.14. The molecule has 0 bridgehead atoms. The van der Waals surface area contributed by atoms with Crippen molar-refractivity contribution in [1.82, 2.24) is 24.9 Å². The molecule has 0 amide bonds. The molecule has 3 aromatic rings. The largest absolute Gasteiger partial charge is 0.263 e. The van der Waals surface area contributed by atoms with E-state index in [0.29, 0.717) is 23.1 Å². The Hall–Kier alpha value is -2.32. The Morgan fingerprint density at radius 3 is 2.86 bits per heavy atom. The van der Waals surface area contributed by atoms with Crippen molar-refractivity contribution in [3.05, 3.63) is 48.7 Å². The summed E-state index contributed by atoms with van der Waals surface area (Å²) < 4.78 is 27.3. The van der Waals surface area contributed by atoms with Crippen LogP contribution in [0, 0.1) is 0 Å². The van der Waals surface area contributed by atoms with Crippen LogP contribution in [-0.2, 0) is 16.4 Å². The predicted octanol–water partition coefficient (Wildman–Crippen LogP) is 0.874. The van der Waals surface area contributed by atoms with Crippen LogP contribution in [0.25, 0.3) is 10.9 Å². The Bertz CT molecular complexity index is 841. The Kier molecular flexibility index (Phi) is 3.63. The van der Waals surface area contributed by atoms with E-state index in [9.17, 15) is 8.42 Å². The number of aromatic amines is 1. The number of rotatable bonds is 5. The van der Waals surface area contributed by atoms with E-state index in [0.717, 1.165) is 0 Å². The minimum absolute atomic E-state index is 0.227. The quantitative estimate of drug-likeness (QED) is 0.728. The second-order valence-electron chi connectivity index (χ2n) is 4.41. The van der Waals surface area contributed by atoms with Gasteiger partial charge in [0.15, 0.2) is 0 Å². The van der Waals surface area contributed by atoms with E-state index in [-0.39, 0.29) is 11.4 Å². The smallest absolute Gasteiger partial charge is 0.241 e. The Morgan fingerprint density at radius 1 is 1.14 bits per heavy atom. The fourth-order valence-corrected chi connectivity index (χ4v) is 3.29. The zero-order chi connectivity index (χ0) is 14.7. The first kappa shape index (κ1) is 13.7. The fraction of sp³-hybridized carbons (Fsp3) is 0.154. The van der Waals surface area contributed by atoms with Crippen molar-refractivity contribution in [2.24, 2.45) is 0 Å². The number of sulfonamides is 1. The van der Waals surface area contributed by atoms with Crippen LogP contribution < -0.4 is 4.72 Å². The molecule has 2 aromatic heterocycles. The number of H-pyrrole nitrogens is 1. The molecule has 0 fully saturated rings. The molecule has 0 aliphatic rings. The standard InChI is InChI=1S/C13H13N5O2S/c19-21(20,17-8-6-13-15-9-16-18-13)12-5-1-4-11-10(12)3-2-7-14-11/h1-5,7,9,17H,6,8H2,(H,15,16,18). The van der Waals surface area contributed by atoms with Gasteiger partial charge in [-0.1, -0.05) is 6.07 Å². The summed E-state index contributed by atoms with van der Waals surface area (Å²) in [5.41, 5.74) is 0.649. The number of hydrogen-bond donors (Lipinski definition) is 2. The maximum atomic E-state index is 12.4. The van der Waals surface area contributed by atoms with Crippen LogP contribution in [0.4, 0.5) is 0 Å². The molecule has 0 saturated heterocycles. The molecule has 0 aliphatic heterocycles. The molecule has 0 atom stereocenters. The third kappa shape index (κ3) is 2.91. The van der Waals surface area contributed by atoms with Crippen molar-refractivity contribution in [2.45, 2.75) is 11.3 Å². The molecule has 3 rings (SSSR count). The normalized spacial score (nSPS) is 11.8. The first-order chi connectivity index (χ1) is 10.2. The van der Waals surface area contributed by atoms with Gasteiger partial charge in [-0.05, 0) is 24.3 Å². The molecular weight excluding hydrogens is 290 g/mol. The maximum absolute atomic E-state index is 12.4. The van der Waals surface area contributed by atoms with Crippen LogP contribution in [-0.4, -0.2) is 35.1 Å². The van der Waals surface area contributed by atoms with Gasteiger partial charge in [0.2, 0.25) is 10.0 Å². The highest BCUT2D eigenvalue weighted by molar-refractivity contribution is 7.89. The monoisotopic (exact) mass is 303 g/mol. The SMILES string of the molecule is O=S(=O)(NCCc1ncn[nH]1)c1cccc2ncccc12. The first-order valence-electron chi connectivity index (χ1n) is 6.34. The summed E-state index contributed by atoms with van der Waals surface area (Å²) in [7, 11) is -3.59. The number of nitrogens with one attached hydrogen (secondary N) is 2. The van der Waals surface area contributed by atoms with Gasteiger partial charge < -0.3 is 0 Å². The molecule has 21 heavy (non-hydrogen) atoms. The third-order valence-electron chi connectivity index (χ3n) is 3.01. The highest BCUT2D eigenvalue weighted by Gasteiger charge is 2.16. The van der Waals surface area contributed by atoms with Gasteiger partial charge in [0.05, 0.1) is 10.4 Å². The van der Waals surface area contributed by atoms with Gasteiger partial charge in [-0.2, -0.15) is 5.10 Å². The lowest BCUT2D eigenvalue weighted by molar-refractivity contribution is 0.582. The van der Waals surface area contributed by atoms with Crippen LogP contribution in [0.1, 0.15) is 5.82 Å². The zero-order valence-corrected chi connectivity index (χ0v) is 11.8. The van der Waals surface area contributed by atoms with Crippen LogP contribution in [0.3, 0.4) is 0 Å². The number of aromatic nitrogens is 4. The molecule has 2 heterocycles. The number of benzene rings is 1. The van der Waals surface area contributed by atoms with E-state index < -0.39 is 10.0 Å². The van der Waals surface area contributed by atoms with Gasteiger partial charge in [-0.25, -0.2) is 18.1 Å². The Morgan fingerprint density at radius 2 is 2.05 bits per heavy atom. The van der Waals surface area contributed by atoms with Crippen molar-refractivity contribution in [2.75, 3.05) is 6.54 Å². The van der Waals surface area contributed by atoms with Gasteiger partial charge in [0.25, 0.3) is 0 Å². The molecule has 0 unspecified atom stereocenters. The van der Waals surface area contributed by atoms with Crippen molar-refractivity contribution < 1.29 is 8.42 Å². The van der Waals surface area contributed by atoms with Gasteiger partial charge in [0, 0.05) is 24.5 Å². The predicted molar refractivity (Wildman–Crippen MR) is 77.0 cm³/mol.